The van der Waals surface area contributed by atoms with Gasteiger partial charge in [-0.25, -0.2) is 0 Å². The van der Waals surface area contributed by atoms with Crippen LogP contribution in [0, 0.1) is 0 Å². The Morgan fingerprint density at radius 3 is 2.83 bits per heavy atom. The molecule has 0 bridgehead atoms. The minimum Gasteiger partial charge on any atom is -0.454 e. The summed E-state index contributed by atoms with van der Waals surface area (Å²) in [6.07, 6.45) is 2.14. The highest BCUT2D eigenvalue weighted by molar-refractivity contribution is 9.10. The smallest absolute Gasteiger partial charge is 0.265 e. The Hall–Kier alpha value is -1.80. The van der Waals surface area contributed by atoms with Crippen LogP contribution in [0.2, 0.25) is 0 Å². The molecule has 0 amide bonds. The van der Waals surface area contributed by atoms with Crippen molar-refractivity contribution >= 4 is 21.9 Å². The number of halogens is 1. The van der Waals surface area contributed by atoms with Gasteiger partial charge in [0.25, 0.3) is 5.95 Å². The highest BCUT2D eigenvalue weighted by Crippen LogP contribution is 2.39. The van der Waals surface area contributed by atoms with E-state index in [-0.39, 0.29) is 12.8 Å². The van der Waals surface area contributed by atoms with Gasteiger partial charge in [-0.15, -0.1) is 0 Å². The van der Waals surface area contributed by atoms with Gasteiger partial charge in [0, 0.05) is 25.1 Å². The van der Waals surface area contributed by atoms with Crippen LogP contribution in [0.3, 0.4) is 0 Å². The molecule has 24 heavy (non-hydrogen) atoms. The molecule has 4 rings (SSSR count). The fraction of sp³-hybridized carbons (Fsp3) is 0.500. The number of anilines is 1. The maximum atomic E-state index is 5.49. The molecule has 0 radical (unpaired) electrons. The predicted molar refractivity (Wildman–Crippen MR) is 91.3 cm³/mol. The molecule has 1 aromatic heterocycles. The first-order valence-electron chi connectivity index (χ1n) is 7.95. The Morgan fingerprint density at radius 1 is 1.29 bits per heavy atom. The van der Waals surface area contributed by atoms with Crippen molar-refractivity contribution in [1.29, 1.82) is 0 Å². The standard InChI is InChI=1S/C16H19BrN4O3/c1-20(2)16-18-15(24-19-16)12-4-3-5-21(12)8-10-6-13-14(7-11(10)17)23-9-22-13/h6-7,12H,3-5,8-9H2,1-2H3. The normalized spacial score (nSPS) is 19.9. The molecule has 0 aliphatic carbocycles. The third-order valence-electron chi connectivity index (χ3n) is 4.39. The van der Waals surface area contributed by atoms with E-state index in [1.54, 1.807) is 0 Å². The van der Waals surface area contributed by atoms with Gasteiger partial charge in [0.15, 0.2) is 11.5 Å². The summed E-state index contributed by atoms with van der Waals surface area (Å²) >= 11 is 3.64. The first-order chi connectivity index (χ1) is 11.6. The Kier molecular flexibility index (Phi) is 4.09. The van der Waals surface area contributed by atoms with E-state index >= 15 is 0 Å². The number of benzene rings is 1. The summed E-state index contributed by atoms with van der Waals surface area (Å²) in [7, 11) is 3.82. The first-order valence-corrected chi connectivity index (χ1v) is 8.74. The third kappa shape index (κ3) is 2.84. The highest BCUT2D eigenvalue weighted by Gasteiger charge is 2.31. The molecule has 1 aromatic carbocycles. The average molecular weight is 395 g/mol. The van der Waals surface area contributed by atoms with E-state index in [0.29, 0.717) is 11.8 Å². The van der Waals surface area contributed by atoms with Crippen molar-refractivity contribution in [2.75, 3.05) is 32.3 Å². The quantitative estimate of drug-likeness (QED) is 0.789. The van der Waals surface area contributed by atoms with E-state index < -0.39 is 0 Å². The molecule has 2 aliphatic rings. The van der Waals surface area contributed by atoms with Crippen molar-refractivity contribution < 1.29 is 14.0 Å². The van der Waals surface area contributed by atoms with Crippen molar-refractivity contribution in [2.24, 2.45) is 0 Å². The molecular formula is C16H19BrN4O3. The van der Waals surface area contributed by atoms with E-state index in [0.717, 1.165) is 41.9 Å². The van der Waals surface area contributed by atoms with Gasteiger partial charge in [0.05, 0.1) is 6.04 Å². The summed E-state index contributed by atoms with van der Waals surface area (Å²) in [5.41, 5.74) is 1.17. The maximum absolute atomic E-state index is 5.49. The van der Waals surface area contributed by atoms with Gasteiger partial charge in [0.1, 0.15) is 0 Å². The number of rotatable bonds is 4. The molecule has 1 fully saturated rings. The summed E-state index contributed by atoms with van der Waals surface area (Å²) in [5.74, 6) is 2.89. The Balaban J connectivity index is 1.55. The van der Waals surface area contributed by atoms with Crippen molar-refractivity contribution in [1.82, 2.24) is 15.0 Å². The van der Waals surface area contributed by atoms with Crippen LogP contribution >= 0.6 is 15.9 Å². The number of aromatic nitrogens is 2. The van der Waals surface area contributed by atoms with E-state index in [2.05, 4.69) is 31.0 Å². The molecule has 1 unspecified atom stereocenters. The first kappa shape index (κ1) is 15.7. The van der Waals surface area contributed by atoms with Gasteiger partial charge in [-0.3, -0.25) is 4.90 Å². The lowest BCUT2D eigenvalue weighted by Crippen LogP contribution is -2.23. The molecule has 1 atom stereocenters. The van der Waals surface area contributed by atoms with Gasteiger partial charge in [-0.1, -0.05) is 15.9 Å². The number of ether oxygens (including phenoxy) is 2. The van der Waals surface area contributed by atoms with Crippen molar-refractivity contribution in [3.63, 3.8) is 0 Å². The molecule has 0 saturated carbocycles. The Labute approximate surface area is 148 Å². The lowest BCUT2D eigenvalue weighted by molar-refractivity contribution is 0.173. The highest BCUT2D eigenvalue weighted by atomic mass is 79.9. The molecule has 128 valence electrons. The second kappa shape index (κ2) is 6.25. The van der Waals surface area contributed by atoms with Gasteiger partial charge >= 0.3 is 0 Å². The van der Waals surface area contributed by atoms with Gasteiger partial charge < -0.3 is 18.9 Å². The van der Waals surface area contributed by atoms with Crippen LogP contribution in [-0.2, 0) is 6.54 Å². The van der Waals surface area contributed by atoms with Gasteiger partial charge in [0.2, 0.25) is 12.7 Å². The summed E-state index contributed by atoms with van der Waals surface area (Å²) in [6.45, 7) is 2.08. The molecule has 2 aliphatic heterocycles. The Bertz CT molecular complexity index is 749. The fourth-order valence-corrected chi connectivity index (χ4v) is 3.59. The van der Waals surface area contributed by atoms with Gasteiger partial charge in [-0.2, -0.15) is 4.98 Å². The van der Waals surface area contributed by atoms with Crippen LogP contribution in [0.25, 0.3) is 0 Å². The number of likely N-dealkylation sites (tertiary alicyclic amines) is 1. The number of fused-ring (bicyclic) bond motifs is 1. The summed E-state index contributed by atoms with van der Waals surface area (Å²) in [5, 5.41) is 4.03. The monoisotopic (exact) mass is 394 g/mol. The Morgan fingerprint density at radius 2 is 2.08 bits per heavy atom. The molecule has 0 spiro atoms. The zero-order chi connectivity index (χ0) is 16.7. The molecule has 7 nitrogen and oxygen atoms in total. The van der Waals surface area contributed by atoms with E-state index in [9.17, 15) is 0 Å². The van der Waals surface area contributed by atoms with E-state index in [1.165, 1.54) is 5.56 Å². The second-order valence-electron chi connectivity index (χ2n) is 6.25. The summed E-state index contributed by atoms with van der Waals surface area (Å²) in [4.78, 5) is 8.73. The van der Waals surface area contributed by atoms with Crippen molar-refractivity contribution in [3.8, 4) is 11.5 Å². The van der Waals surface area contributed by atoms with Crippen LogP contribution in [0.15, 0.2) is 21.1 Å². The third-order valence-corrected chi connectivity index (χ3v) is 5.13. The average Bonchev–Trinajstić information content (AvgIpc) is 3.26. The molecule has 8 heteroatoms. The molecular weight excluding hydrogens is 376 g/mol. The minimum absolute atomic E-state index is 0.156. The number of nitrogens with zero attached hydrogens (tertiary/aromatic N) is 4. The van der Waals surface area contributed by atoms with Crippen molar-refractivity contribution in [2.45, 2.75) is 25.4 Å². The maximum Gasteiger partial charge on any atom is 0.265 e. The van der Waals surface area contributed by atoms with E-state index in [1.807, 2.05) is 31.1 Å². The SMILES string of the molecule is CN(C)c1noc(C2CCCN2Cc2cc3c(cc2Br)OCO3)n1. The zero-order valence-corrected chi connectivity index (χ0v) is 15.2. The van der Waals surface area contributed by atoms with Crippen LogP contribution < -0.4 is 14.4 Å². The molecule has 2 aromatic rings. The number of hydrogen-bond donors (Lipinski definition) is 0. The van der Waals surface area contributed by atoms with Crippen LogP contribution in [0.5, 0.6) is 11.5 Å². The molecule has 1 saturated heterocycles. The van der Waals surface area contributed by atoms with Gasteiger partial charge in [-0.05, 0) is 42.2 Å². The second-order valence-corrected chi connectivity index (χ2v) is 7.11. The summed E-state index contributed by atoms with van der Waals surface area (Å²) in [6, 6.07) is 4.17. The van der Waals surface area contributed by atoms with Crippen LogP contribution in [-0.4, -0.2) is 42.5 Å². The zero-order valence-electron chi connectivity index (χ0n) is 13.7. The van der Waals surface area contributed by atoms with Crippen LogP contribution in [0.1, 0.15) is 30.3 Å². The van der Waals surface area contributed by atoms with Crippen molar-refractivity contribution in [3.05, 3.63) is 28.1 Å². The lowest BCUT2D eigenvalue weighted by Gasteiger charge is -2.22. The van der Waals surface area contributed by atoms with E-state index in [4.69, 9.17) is 14.0 Å². The molecule has 0 N–H and O–H groups in total. The van der Waals surface area contributed by atoms with Crippen LogP contribution in [0.4, 0.5) is 5.95 Å². The number of hydrogen-bond acceptors (Lipinski definition) is 7. The predicted octanol–water partition coefficient (Wildman–Crippen LogP) is 2.96. The molecule has 3 heterocycles. The fourth-order valence-electron chi connectivity index (χ4n) is 3.14. The topological polar surface area (TPSA) is 63.9 Å². The largest absolute Gasteiger partial charge is 0.454 e. The summed E-state index contributed by atoms with van der Waals surface area (Å²) < 4.78 is 17.4. The lowest BCUT2D eigenvalue weighted by atomic mass is 10.1. The minimum atomic E-state index is 0.156.